The van der Waals surface area contributed by atoms with Gasteiger partial charge in [0.25, 0.3) is 0 Å². The first-order valence-electron chi connectivity index (χ1n) is 15.3. The van der Waals surface area contributed by atoms with Crippen LogP contribution in [0.15, 0.2) is 96.6 Å². The van der Waals surface area contributed by atoms with Gasteiger partial charge in [0.1, 0.15) is 0 Å². The second-order valence-corrected chi connectivity index (χ2v) is 12.3. The first-order valence-corrected chi connectivity index (χ1v) is 15.3. The zero-order valence-corrected chi connectivity index (χ0v) is 26.1. The summed E-state index contributed by atoms with van der Waals surface area (Å²) in [6.07, 6.45) is 5.01. The summed E-state index contributed by atoms with van der Waals surface area (Å²) in [5.41, 5.74) is 6.98. The molecular weight excluding hydrogens is 574 g/mol. The topological polar surface area (TPSA) is 100 Å². The number of nitrogens with zero attached hydrogens (tertiary/aromatic N) is 7. The van der Waals surface area contributed by atoms with Gasteiger partial charge in [-0.3, -0.25) is 23.9 Å². The Morgan fingerprint density at radius 3 is 2.43 bits per heavy atom. The van der Waals surface area contributed by atoms with E-state index in [1.54, 1.807) is 22.4 Å². The molecule has 46 heavy (non-hydrogen) atoms. The molecule has 0 unspecified atom stereocenters. The third kappa shape index (κ3) is 4.70. The summed E-state index contributed by atoms with van der Waals surface area (Å²) >= 11 is 0. The van der Waals surface area contributed by atoms with Crippen LogP contribution in [0.3, 0.4) is 0 Å². The van der Waals surface area contributed by atoms with Crippen molar-refractivity contribution in [1.82, 2.24) is 24.0 Å². The lowest BCUT2D eigenvalue weighted by Crippen LogP contribution is -2.48. The molecular formula is C37H33N7O2. The van der Waals surface area contributed by atoms with Crippen molar-refractivity contribution in [3.05, 3.63) is 108 Å². The van der Waals surface area contributed by atoms with Crippen molar-refractivity contribution in [2.24, 2.45) is 7.05 Å². The molecule has 0 radical (unpaired) electrons. The molecule has 0 saturated carbocycles. The van der Waals surface area contributed by atoms with Crippen molar-refractivity contribution in [2.75, 3.05) is 31.1 Å². The molecule has 4 heterocycles. The van der Waals surface area contributed by atoms with Crippen molar-refractivity contribution in [1.29, 1.82) is 5.26 Å². The number of fused-ring (bicyclic) bond motifs is 4. The van der Waals surface area contributed by atoms with Gasteiger partial charge in [0.05, 0.1) is 51.1 Å². The average molecular weight is 608 g/mol. The van der Waals surface area contributed by atoms with Crippen LogP contribution in [0.25, 0.3) is 49.7 Å². The van der Waals surface area contributed by atoms with Crippen LogP contribution in [-0.4, -0.2) is 56.1 Å². The molecule has 0 bridgehead atoms. The van der Waals surface area contributed by atoms with E-state index in [1.807, 2.05) is 67.4 Å². The first-order chi connectivity index (χ1) is 22.2. The molecule has 7 rings (SSSR count). The predicted molar refractivity (Wildman–Crippen MR) is 182 cm³/mol. The summed E-state index contributed by atoms with van der Waals surface area (Å²) in [5, 5.41) is 11.5. The third-order valence-corrected chi connectivity index (χ3v) is 9.14. The zero-order valence-electron chi connectivity index (χ0n) is 26.1. The minimum absolute atomic E-state index is 0.0340. The molecule has 3 aromatic heterocycles. The van der Waals surface area contributed by atoms with E-state index in [0.29, 0.717) is 13.1 Å². The molecule has 9 nitrogen and oxygen atoms in total. The van der Waals surface area contributed by atoms with Crippen LogP contribution in [0, 0.1) is 11.3 Å². The van der Waals surface area contributed by atoms with Crippen LogP contribution in [0.1, 0.15) is 19.4 Å². The standard InChI is InChI=1S/C37H33N7O2/c1-5-33(45)43-17-15-42(16-18-43)31-8-6-7-25-19-26(21-40-34(25)31)24-9-14-30-29(20-24)35-32(22-39-30)41(4)36(46)44(35)28-12-10-27(11-13-28)37(2,3)23-38/h5-14,19-22H,1,15-18H2,2-4H3. The maximum Gasteiger partial charge on any atom is 0.333 e. The van der Waals surface area contributed by atoms with Gasteiger partial charge in [-0.2, -0.15) is 5.26 Å². The third-order valence-electron chi connectivity index (χ3n) is 9.14. The number of aryl methyl sites for hydroxylation is 1. The van der Waals surface area contributed by atoms with Gasteiger partial charge in [0.2, 0.25) is 5.91 Å². The summed E-state index contributed by atoms with van der Waals surface area (Å²) < 4.78 is 3.34. The Hall–Kier alpha value is -5.75. The summed E-state index contributed by atoms with van der Waals surface area (Å²) in [6.45, 7) is 10.1. The zero-order chi connectivity index (χ0) is 32.2. The van der Waals surface area contributed by atoms with E-state index in [2.05, 4.69) is 46.8 Å². The number of piperazine rings is 1. The fourth-order valence-corrected chi connectivity index (χ4v) is 6.36. The van der Waals surface area contributed by atoms with Crippen molar-refractivity contribution in [3.8, 4) is 22.9 Å². The molecule has 1 fully saturated rings. The van der Waals surface area contributed by atoms with Crippen LogP contribution < -0.4 is 10.6 Å². The SMILES string of the molecule is C=CC(=O)N1CCN(c2cccc3cc(-c4ccc5ncc6c(c5c4)n(-c4ccc(C(C)(C)C#N)cc4)c(=O)n6C)cnc23)CC1. The molecule has 0 spiro atoms. The number of imidazole rings is 1. The predicted octanol–water partition coefficient (Wildman–Crippen LogP) is 5.73. The van der Waals surface area contributed by atoms with Crippen molar-refractivity contribution in [2.45, 2.75) is 19.3 Å². The van der Waals surface area contributed by atoms with E-state index in [0.717, 1.165) is 74.0 Å². The van der Waals surface area contributed by atoms with Gasteiger partial charge in [-0.1, -0.05) is 36.9 Å². The molecule has 1 amide bonds. The summed E-state index contributed by atoms with van der Waals surface area (Å²) in [4.78, 5) is 39.4. The minimum atomic E-state index is -0.636. The van der Waals surface area contributed by atoms with E-state index >= 15 is 0 Å². The average Bonchev–Trinajstić information content (AvgIpc) is 3.36. The van der Waals surface area contributed by atoms with Crippen molar-refractivity contribution >= 4 is 44.4 Å². The Balaban J connectivity index is 1.30. The van der Waals surface area contributed by atoms with Crippen LogP contribution in [0.4, 0.5) is 5.69 Å². The van der Waals surface area contributed by atoms with E-state index in [-0.39, 0.29) is 11.6 Å². The van der Waals surface area contributed by atoms with E-state index in [9.17, 15) is 14.9 Å². The summed E-state index contributed by atoms with van der Waals surface area (Å²) in [5.74, 6) is -0.0340. The van der Waals surface area contributed by atoms with E-state index in [4.69, 9.17) is 4.98 Å². The molecule has 228 valence electrons. The molecule has 1 saturated heterocycles. The second-order valence-electron chi connectivity index (χ2n) is 12.3. The number of para-hydroxylation sites is 1. The second kappa shape index (κ2) is 11.0. The monoisotopic (exact) mass is 607 g/mol. The van der Waals surface area contributed by atoms with E-state index < -0.39 is 5.41 Å². The molecule has 0 aliphatic carbocycles. The number of carbonyl (C=O) groups is 1. The number of anilines is 1. The highest BCUT2D eigenvalue weighted by molar-refractivity contribution is 6.05. The van der Waals surface area contributed by atoms with Crippen molar-refractivity contribution < 1.29 is 4.79 Å². The van der Waals surface area contributed by atoms with Gasteiger partial charge in [0, 0.05) is 55.8 Å². The van der Waals surface area contributed by atoms with Gasteiger partial charge in [-0.25, -0.2) is 4.79 Å². The lowest BCUT2D eigenvalue weighted by atomic mass is 9.86. The van der Waals surface area contributed by atoms with Gasteiger partial charge in [-0.05, 0) is 67.4 Å². The minimum Gasteiger partial charge on any atom is -0.366 e. The fourth-order valence-electron chi connectivity index (χ4n) is 6.36. The number of carbonyl (C=O) groups excluding carboxylic acids is 1. The lowest BCUT2D eigenvalue weighted by molar-refractivity contribution is -0.126. The Morgan fingerprint density at radius 2 is 1.72 bits per heavy atom. The van der Waals surface area contributed by atoms with Gasteiger partial charge in [-0.15, -0.1) is 0 Å². The highest BCUT2D eigenvalue weighted by Crippen LogP contribution is 2.33. The maximum absolute atomic E-state index is 13.6. The largest absolute Gasteiger partial charge is 0.366 e. The quantitative estimate of drug-likeness (QED) is 0.232. The van der Waals surface area contributed by atoms with Crippen LogP contribution in [0.2, 0.25) is 0 Å². The molecule has 6 aromatic rings. The van der Waals surface area contributed by atoms with Gasteiger partial charge in [0.15, 0.2) is 0 Å². The Bertz CT molecular complexity index is 2280. The van der Waals surface area contributed by atoms with Gasteiger partial charge >= 0.3 is 5.69 Å². The number of nitriles is 1. The molecule has 0 N–H and O–H groups in total. The highest BCUT2D eigenvalue weighted by atomic mass is 16.2. The summed E-state index contributed by atoms with van der Waals surface area (Å²) in [6, 6.07) is 24.4. The van der Waals surface area contributed by atoms with Crippen LogP contribution in [-0.2, 0) is 17.3 Å². The van der Waals surface area contributed by atoms with E-state index in [1.165, 1.54) is 6.08 Å². The molecule has 3 aromatic carbocycles. The highest BCUT2D eigenvalue weighted by Gasteiger charge is 2.23. The number of aromatic nitrogens is 4. The maximum atomic E-state index is 13.6. The molecule has 9 heteroatoms. The Labute approximate surface area is 266 Å². The fraction of sp³-hybridized carbons (Fsp3) is 0.216. The number of rotatable bonds is 5. The summed E-state index contributed by atoms with van der Waals surface area (Å²) in [7, 11) is 1.76. The van der Waals surface area contributed by atoms with Gasteiger partial charge < -0.3 is 9.80 Å². The van der Waals surface area contributed by atoms with Crippen molar-refractivity contribution in [3.63, 3.8) is 0 Å². The van der Waals surface area contributed by atoms with Crippen LogP contribution in [0.5, 0.6) is 0 Å². The molecule has 1 aliphatic heterocycles. The number of hydrogen-bond donors (Lipinski definition) is 0. The number of pyridine rings is 2. The Kier molecular flexibility index (Phi) is 6.93. The first kappa shape index (κ1) is 29.0. The lowest BCUT2D eigenvalue weighted by Gasteiger charge is -2.36. The normalized spacial score (nSPS) is 13.8. The molecule has 1 aliphatic rings. The smallest absolute Gasteiger partial charge is 0.333 e. The number of hydrogen-bond acceptors (Lipinski definition) is 6. The Morgan fingerprint density at radius 1 is 0.957 bits per heavy atom. The molecule has 0 atom stereocenters. The number of benzene rings is 3. The van der Waals surface area contributed by atoms with Crippen LogP contribution >= 0.6 is 0 Å². The number of amides is 1.